The first kappa shape index (κ1) is 20.7. The van der Waals surface area contributed by atoms with Crippen molar-refractivity contribution in [2.24, 2.45) is 21.7 Å². The van der Waals surface area contributed by atoms with Crippen molar-refractivity contribution in [3.05, 3.63) is 53.1 Å². The topological polar surface area (TPSA) is 86.3 Å². The van der Waals surface area contributed by atoms with E-state index in [1.54, 1.807) is 13.2 Å². The van der Waals surface area contributed by atoms with Gasteiger partial charge in [0, 0.05) is 16.4 Å². The number of carbonyl (C=O) groups is 1. The van der Waals surface area contributed by atoms with Gasteiger partial charge in [0.25, 0.3) is 0 Å². The number of nitrogens with zero attached hydrogens (tertiary/aromatic N) is 2. The van der Waals surface area contributed by atoms with Gasteiger partial charge < -0.3 is 4.74 Å². The Balaban J connectivity index is 2.15. The van der Waals surface area contributed by atoms with Gasteiger partial charge >= 0.3 is 0 Å². The molecule has 0 heterocycles. The van der Waals surface area contributed by atoms with Crippen molar-refractivity contribution in [2.75, 3.05) is 7.11 Å². The Kier molecular flexibility index (Phi) is 5.32. The third-order valence-electron chi connectivity index (χ3n) is 6.44. The van der Waals surface area contributed by atoms with E-state index in [0.717, 1.165) is 29.9 Å². The summed E-state index contributed by atoms with van der Waals surface area (Å²) in [6.07, 6.45) is 5.47. The summed E-state index contributed by atoms with van der Waals surface area (Å²) in [7, 11) is 1.60. The van der Waals surface area contributed by atoms with Crippen LogP contribution in [0.25, 0.3) is 0 Å². The van der Waals surface area contributed by atoms with E-state index >= 15 is 0 Å². The van der Waals surface area contributed by atoms with Crippen LogP contribution in [0.15, 0.2) is 52.6 Å². The molecule has 1 N–H and O–H groups in total. The van der Waals surface area contributed by atoms with Gasteiger partial charge in [-0.25, -0.2) is 4.99 Å². The number of aliphatic imine (C=N–C) groups is 1. The number of allylic oxidation sites excluding steroid dienone is 4. The predicted molar refractivity (Wildman–Crippen MR) is 114 cm³/mol. The number of amidine groups is 1. The third-order valence-corrected chi connectivity index (χ3v) is 6.44. The second kappa shape index (κ2) is 7.44. The minimum atomic E-state index is -0.656. The lowest BCUT2D eigenvalue weighted by molar-refractivity contribution is -0.128. The van der Waals surface area contributed by atoms with Crippen molar-refractivity contribution in [1.29, 1.82) is 10.7 Å². The summed E-state index contributed by atoms with van der Waals surface area (Å²) < 4.78 is 5.19. The number of benzene rings is 1. The number of carbonyl (C=O) groups excluding carboxylic acids is 1. The van der Waals surface area contributed by atoms with Crippen molar-refractivity contribution in [3.63, 3.8) is 0 Å². The monoisotopic (exact) mass is 389 g/mol. The summed E-state index contributed by atoms with van der Waals surface area (Å²) >= 11 is 0. The van der Waals surface area contributed by atoms with Gasteiger partial charge in [0.2, 0.25) is 0 Å². The Bertz CT molecular complexity index is 990. The van der Waals surface area contributed by atoms with Crippen LogP contribution in [0.2, 0.25) is 0 Å². The van der Waals surface area contributed by atoms with Gasteiger partial charge in [-0.1, -0.05) is 32.9 Å². The molecule has 0 spiro atoms. The number of hydrogen-bond donors (Lipinski definition) is 1. The lowest BCUT2D eigenvalue weighted by atomic mass is 9.51. The molecule has 2 atom stereocenters. The summed E-state index contributed by atoms with van der Waals surface area (Å²) in [6.45, 7) is 7.87. The van der Waals surface area contributed by atoms with E-state index < -0.39 is 10.8 Å². The molecule has 0 aromatic heterocycles. The molecule has 0 unspecified atom stereocenters. The van der Waals surface area contributed by atoms with Gasteiger partial charge in [-0.3, -0.25) is 10.2 Å². The van der Waals surface area contributed by atoms with E-state index in [-0.39, 0.29) is 23.1 Å². The van der Waals surface area contributed by atoms with Crippen molar-refractivity contribution >= 4 is 17.3 Å². The maximum Gasteiger partial charge on any atom is 0.178 e. The zero-order chi connectivity index (χ0) is 21.4. The molecule has 0 bridgehead atoms. The first-order chi connectivity index (χ1) is 13.7. The highest BCUT2D eigenvalue weighted by Crippen LogP contribution is 2.55. The Morgan fingerprint density at radius 2 is 1.97 bits per heavy atom. The smallest absolute Gasteiger partial charge is 0.178 e. The summed E-state index contributed by atoms with van der Waals surface area (Å²) in [5.74, 6) is 0.800. The number of nitrogens with one attached hydrogen (secondary N) is 1. The van der Waals surface area contributed by atoms with Gasteiger partial charge in [-0.05, 0) is 55.5 Å². The number of ketones is 1. The molecule has 1 aromatic carbocycles. The van der Waals surface area contributed by atoms with E-state index in [2.05, 4.69) is 6.07 Å². The van der Waals surface area contributed by atoms with E-state index in [4.69, 9.17) is 15.1 Å². The largest absolute Gasteiger partial charge is 0.497 e. The van der Waals surface area contributed by atoms with Gasteiger partial charge in [0.15, 0.2) is 11.6 Å². The maximum atomic E-state index is 12.8. The molecule has 1 aromatic rings. The average molecular weight is 389 g/mol. The second-order valence-corrected chi connectivity index (χ2v) is 8.45. The maximum absolute atomic E-state index is 12.8. The molecule has 0 saturated heterocycles. The van der Waals surface area contributed by atoms with Crippen molar-refractivity contribution in [3.8, 4) is 11.8 Å². The van der Waals surface area contributed by atoms with E-state index in [1.165, 1.54) is 0 Å². The third kappa shape index (κ3) is 3.33. The van der Waals surface area contributed by atoms with E-state index in [1.807, 2.05) is 58.0 Å². The standard InChI is InChI=1S/C24H27N3O2/c1-6-15-9-12-19-23(2,3)21(28)17(14-25)13-24(19,4)20(15)27-22(26)16-7-10-18(29-5)11-8-16/h6-8,10-11,13,19,26H,9,12H2,1-5H3/b15-6-,26-22?,27-20?/t19-,24-/m0/s1. The first-order valence-electron chi connectivity index (χ1n) is 9.84. The zero-order valence-corrected chi connectivity index (χ0v) is 17.7. The van der Waals surface area contributed by atoms with Crippen LogP contribution in [-0.2, 0) is 4.79 Å². The highest BCUT2D eigenvalue weighted by atomic mass is 16.5. The van der Waals surface area contributed by atoms with Crippen molar-refractivity contribution in [1.82, 2.24) is 0 Å². The molecule has 5 heteroatoms. The molecule has 2 aliphatic rings. The first-order valence-corrected chi connectivity index (χ1v) is 9.84. The molecule has 0 aliphatic heterocycles. The van der Waals surface area contributed by atoms with Crippen LogP contribution in [0.4, 0.5) is 0 Å². The fourth-order valence-electron chi connectivity index (χ4n) is 4.86. The van der Waals surface area contributed by atoms with Gasteiger partial charge in [0.1, 0.15) is 11.8 Å². The highest BCUT2D eigenvalue weighted by molar-refractivity contribution is 6.16. The Morgan fingerprint density at radius 3 is 2.52 bits per heavy atom. The van der Waals surface area contributed by atoms with Crippen molar-refractivity contribution in [2.45, 2.75) is 40.5 Å². The molecule has 1 saturated carbocycles. The molecule has 3 rings (SSSR count). The molecule has 2 aliphatic carbocycles. The molecule has 29 heavy (non-hydrogen) atoms. The van der Waals surface area contributed by atoms with Gasteiger partial charge in [-0.2, -0.15) is 5.26 Å². The second-order valence-electron chi connectivity index (χ2n) is 8.45. The number of methoxy groups -OCH3 is 1. The van der Waals surface area contributed by atoms with Crippen molar-refractivity contribution < 1.29 is 9.53 Å². The van der Waals surface area contributed by atoms with Crippen LogP contribution in [0, 0.1) is 33.5 Å². The number of nitriles is 1. The molecule has 5 nitrogen and oxygen atoms in total. The molecule has 0 amide bonds. The number of rotatable bonds is 2. The minimum Gasteiger partial charge on any atom is -0.497 e. The molecular weight excluding hydrogens is 362 g/mol. The van der Waals surface area contributed by atoms with Crippen LogP contribution in [0.1, 0.15) is 46.1 Å². The van der Waals surface area contributed by atoms with Crippen LogP contribution in [0.3, 0.4) is 0 Å². The lowest BCUT2D eigenvalue weighted by Gasteiger charge is -2.51. The Morgan fingerprint density at radius 1 is 1.31 bits per heavy atom. The summed E-state index contributed by atoms with van der Waals surface area (Å²) in [5.41, 5.74) is 1.49. The molecule has 1 fully saturated rings. The van der Waals surface area contributed by atoms with Gasteiger partial charge in [-0.15, -0.1) is 0 Å². The highest BCUT2D eigenvalue weighted by Gasteiger charge is 2.55. The lowest BCUT2D eigenvalue weighted by Crippen LogP contribution is -2.52. The summed E-state index contributed by atoms with van der Waals surface area (Å²) in [6, 6.07) is 9.33. The van der Waals surface area contributed by atoms with Gasteiger partial charge in [0.05, 0.1) is 18.4 Å². The Hall–Kier alpha value is -3.00. The predicted octanol–water partition coefficient (Wildman–Crippen LogP) is 4.88. The average Bonchev–Trinajstić information content (AvgIpc) is 2.71. The number of ether oxygens (including phenoxy) is 1. The van der Waals surface area contributed by atoms with Crippen LogP contribution in [0.5, 0.6) is 5.75 Å². The van der Waals surface area contributed by atoms with E-state index in [9.17, 15) is 10.1 Å². The SMILES string of the molecule is C/C=C1/CC[C@H]2C(C)(C)C(=O)C(C#N)=C[C@]2(C)C1=NC(=N)c1ccc(OC)cc1. The normalized spacial score (nSPS) is 28.5. The number of fused-ring (bicyclic) bond motifs is 1. The fraction of sp³-hybridized carbons (Fsp3) is 0.417. The zero-order valence-electron chi connectivity index (χ0n) is 17.7. The summed E-state index contributed by atoms with van der Waals surface area (Å²) in [5, 5.41) is 18.1. The minimum absolute atomic E-state index is 0.0192. The fourth-order valence-corrected chi connectivity index (χ4v) is 4.86. The number of Topliss-reactive ketones (excluding diaryl/α,β-unsaturated/α-hetero) is 1. The van der Waals surface area contributed by atoms with Crippen LogP contribution < -0.4 is 4.74 Å². The molecule has 150 valence electrons. The van der Waals surface area contributed by atoms with Crippen LogP contribution >= 0.6 is 0 Å². The van der Waals surface area contributed by atoms with Crippen LogP contribution in [-0.4, -0.2) is 24.4 Å². The number of hydrogen-bond acceptors (Lipinski definition) is 4. The quantitative estimate of drug-likeness (QED) is 0.577. The summed E-state index contributed by atoms with van der Waals surface area (Å²) in [4.78, 5) is 17.6. The Labute approximate surface area is 172 Å². The molecular formula is C24H27N3O2. The van der Waals surface area contributed by atoms with E-state index in [0.29, 0.717) is 5.56 Å². The molecule has 0 radical (unpaired) electrons.